The third-order valence-corrected chi connectivity index (χ3v) is 2.82. The molecule has 1 aromatic heterocycles. The normalized spacial score (nSPS) is 10.7. The van der Waals surface area contributed by atoms with Crippen molar-refractivity contribution >= 4 is 5.69 Å². The molecule has 0 atom stereocenters. The van der Waals surface area contributed by atoms with Gasteiger partial charge in [-0.1, -0.05) is 11.8 Å². The summed E-state index contributed by atoms with van der Waals surface area (Å²) in [6, 6.07) is 6.56. The summed E-state index contributed by atoms with van der Waals surface area (Å²) in [7, 11) is 1.36. The van der Waals surface area contributed by atoms with Crippen molar-refractivity contribution in [3.63, 3.8) is 0 Å². The molecule has 1 heterocycles. The monoisotopic (exact) mass is 324 g/mol. The molecule has 2 aromatic rings. The Morgan fingerprint density at radius 2 is 2.00 bits per heavy atom. The molecular weight excluding hydrogens is 312 g/mol. The number of anilines is 1. The molecular formula is C16H12F4N2O. The summed E-state index contributed by atoms with van der Waals surface area (Å²) >= 11 is 0. The van der Waals surface area contributed by atoms with Crippen LogP contribution in [0.15, 0.2) is 36.5 Å². The van der Waals surface area contributed by atoms with Crippen LogP contribution < -0.4 is 10.1 Å². The summed E-state index contributed by atoms with van der Waals surface area (Å²) < 4.78 is 55.8. The zero-order valence-electron chi connectivity index (χ0n) is 12.0. The van der Waals surface area contributed by atoms with E-state index in [1.807, 2.05) is 0 Å². The van der Waals surface area contributed by atoms with Crippen molar-refractivity contribution in [1.29, 1.82) is 0 Å². The van der Waals surface area contributed by atoms with E-state index in [0.717, 1.165) is 12.3 Å². The van der Waals surface area contributed by atoms with Gasteiger partial charge in [0.2, 0.25) is 0 Å². The van der Waals surface area contributed by atoms with E-state index >= 15 is 0 Å². The van der Waals surface area contributed by atoms with Crippen LogP contribution in [0.5, 0.6) is 5.75 Å². The standard InChI is InChI=1S/C16H12F4N2O/c1-23-14-5-4-11(9-13(14)17)3-2-7-21-12-6-8-22-15(10-12)16(18,19)20/h4-6,8-10H,7H2,1H3,(H,21,22). The Morgan fingerprint density at radius 3 is 2.65 bits per heavy atom. The number of pyridine rings is 1. The Bertz CT molecular complexity index is 748. The third-order valence-electron chi connectivity index (χ3n) is 2.82. The molecule has 0 spiro atoms. The highest BCUT2D eigenvalue weighted by Crippen LogP contribution is 2.28. The van der Waals surface area contributed by atoms with E-state index in [-0.39, 0.29) is 18.0 Å². The minimum absolute atomic E-state index is 0.106. The maximum atomic E-state index is 13.5. The lowest BCUT2D eigenvalue weighted by Gasteiger charge is -2.07. The molecule has 0 unspecified atom stereocenters. The number of nitrogens with zero attached hydrogens (tertiary/aromatic N) is 1. The lowest BCUT2D eigenvalue weighted by Crippen LogP contribution is -2.09. The molecule has 120 valence electrons. The van der Waals surface area contributed by atoms with Crippen LogP contribution in [-0.4, -0.2) is 18.6 Å². The second-order valence-electron chi connectivity index (χ2n) is 4.43. The van der Waals surface area contributed by atoms with Gasteiger partial charge in [0, 0.05) is 17.4 Å². The van der Waals surface area contributed by atoms with Gasteiger partial charge in [0.15, 0.2) is 11.6 Å². The van der Waals surface area contributed by atoms with Gasteiger partial charge >= 0.3 is 6.18 Å². The van der Waals surface area contributed by atoms with Gasteiger partial charge in [-0.2, -0.15) is 13.2 Å². The molecule has 0 aliphatic heterocycles. The second-order valence-corrected chi connectivity index (χ2v) is 4.43. The molecule has 2 rings (SSSR count). The van der Waals surface area contributed by atoms with Gasteiger partial charge in [0.05, 0.1) is 13.7 Å². The molecule has 0 amide bonds. The number of rotatable bonds is 3. The molecule has 0 bridgehead atoms. The average molecular weight is 324 g/mol. The Hall–Kier alpha value is -2.75. The minimum atomic E-state index is -4.50. The SMILES string of the molecule is COc1ccc(C#CCNc2ccnc(C(F)(F)F)c2)cc1F. The number of alkyl halides is 3. The molecule has 0 aliphatic carbocycles. The van der Waals surface area contributed by atoms with Gasteiger partial charge < -0.3 is 10.1 Å². The minimum Gasteiger partial charge on any atom is -0.494 e. The van der Waals surface area contributed by atoms with E-state index in [1.165, 1.54) is 25.3 Å². The maximum Gasteiger partial charge on any atom is 0.433 e. The van der Waals surface area contributed by atoms with Crippen molar-refractivity contribution in [3.05, 3.63) is 53.6 Å². The van der Waals surface area contributed by atoms with Crippen molar-refractivity contribution in [2.45, 2.75) is 6.18 Å². The van der Waals surface area contributed by atoms with Crippen molar-refractivity contribution in [2.24, 2.45) is 0 Å². The highest BCUT2D eigenvalue weighted by atomic mass is 19.4. The van der Waals surface area contributed by atoms with Gasteiger partial charge in [0.1, 0.15) is 5.69 Å². The van der Waals surface area contributed by atoms with Crippen LogP contribution in [0.2, 0.25) is 0 Å². The highest BCUT2D eigenvalue weighted by Gasteiger charge is 2.32. The summed E-state index contributed by atoms with van der Waals surface area (Å²) in [5.74, 6) is 4.99. The largest absolute Gasteiger partial charge is 0.494 e. The number of halogens is 4. The van der Waals surface area contributed by atoms with Crippen molar-refractivity contribution in [2.75, 3.05) is 19.0 Å². The lowest BCUT2D eigenvalue weighted by atomic mass is 10.2. The predicted octanol–water partition coefficient (Wildman–Crippen LogP) is 3.71. The first-order valence-corrected chi connectivity index (χ1v) is 6.49. The first kappa shape index (κ1) is 16.6. The van der Waals surface area contributed by atoms with Gasteiger partial charge in [-0.15, -0.1) is 0 Å². The number of nitrogens with one attached hydrogen (secondary N) is 1. The number of aromatic nitrogens is 1. The fraction of sp³-hybridized carbons (Fsp3) is 0.188. The van der Waals surface area contributed by atoms with Gasteiger partial charge in [-0.25, -0.2) is 4.39 Å². The van der Waals surface area contributed by atoms with Crippen molar-refractivity contribution in [1.82, 2.24) is 4.98 Å². The van der Waals surface area contributed by atoms with Gasteiger partial charge in [-0.05, 0) is 30.3 Å². The molecule has 0 fully saturated rings. The van der Waals surface area contributed by atoms with Crippen LogP contribution in [0.1, 0.15) is 11.3 Å². The summed E-state index contributed by atoms with van der Waals surface area (Å²) in [6.45, 7) is 0.106. The molecule has 0 radical (unpaired) electrons. The summed E-state index contributed by atoms with van der Waals surface area (Å²) in [6.07, 6.45) is -3.43. The van der Waals surface area contributed by atoms with E-state index in [2.05, 4.69) is 22.1 Å². The van der Waals surface area contributed by atoms with Gasteiger partial charge in [-0.3, -0.25) is 4.98 Å². The van der Waals surface area contributed by atoms with Crippen LogP contribution >= 0.6 is 0 Å². The summed E-state index contributed by atoms with van der Waals surface area (Å²) in [5.41, 5.74) is -0.286. The Labute approximate surface area is 130 Å². The van der Waals surface area contributed by atoms with E-state index in [4.69, 9.17) is 4.74 Å². The summed E-state index contributed by atoms with van der Waals surface area (Å²) in [5, 5.41) is 2.73. The zero-order valence-corrected chi connectivity index (χ0v) is 12.0. The van der Waals surface area contributed by atoms with Gasteiger partial charge in [0.25, 0.3) is 0 Å². The topological polar surface area (TPSA) is 34.1 Å². The molecule has 7 heteroatoms. The maximum absolute atomic E-state index is 13.5. The summed E-state index contributed by atoms with van der Waals surface area (Å²) in [4.78, 5) is 3.26. The quantitative estimate of drug-likeness (QED) is 0.690. The van der Waals surface area contributed by atoms with Crippen LogP contribution in [0.4, 0.5) is 23.2 Å². The van der Waals surface area contributed by atoms with Crippen LogP contribution in [0, 0.1) is 17.7 Å². The zero-order chi connectivity index (χ0) is 16.9. The fourth-order valence-corrected chi connectivity index (χ4v) is 1.73. The number of benzene rings is 1. The van der Waals surface area contributed by atoms with Crippen LogP contribution in [-0.2, 0) is 6.18 Å². The average Bonchev–Trinajstić information content (AvgIpc) is 2.51. The van der Waals surface area contributed by atoms with E-state index < -0.39 is 17.7 Å². The van der Waals surface area contributed by atoms with E-state index in [1.54, 1.807) is 6.07 Å². The molecule has 0 saturated carbocycles. The second kappa shape index (κ2) is 7.01. The molecule has 23 heavy (non-hydrogen) atoms. The first-order chi connectivity index (χ1) is 10.9. The Morgan fingerprint density at radius 1 is 1.22 bits per heavy atom. The van der Waals surface area contributed by atoms with Crippen molar-refractivity contribution < 1.29 is 22.3 Å². The first-order valence-electron chi connectivity index (χ1n) is 6.49. The fourth-order valence-electron chi connectivity index (χ4n) is 1.73. The third kappa shape index (κ3) is 4.61. The number of hydrogen-bond donors (Lipinski definition) is 1. The highest BCUT2D eigenvalue weighted by molar-refractivity contribution is 5.46. The number of methoxy groups -OCH3 is 1. The number of hydrogen-bond acceptors (Lipinski definition) is 3. The van der Waals surface area contributed by atoms with Crippen LogP contribution in [0.25, 0.3) is 0 Å². The molecule has 1 aromatic carbocycles. The molecule has 0 aliphatic rings. The lowest BCUT2D eigenvalue weighted by molar-refractivity contribution is -0.141. The Balaban J connectivity index is 2.00. The van der Waals surface area contributed by atoms with Crippen LogP contribution in [0.3, 0.4) is 0 Å². The molecule has 3 nitrogen and oxygen atoms in total. The van der Waals surface area contributed by atoms with E-state index in [9.17, 15) is 17.6 Å². The number of ether oxygens (including phenoxy) is 1. The predicted molar refractivity (Wildman–Crippen MR) is 77.6 cm³/mol. The molecule has 0 saturated heterocycles. The smallest absolute Gasteiger partial charge is 0.433 e. The van der Waals surface area contributed by atoms with E-state index in [0.29, 0.717) is 5.56 Å². The van der Waals surface area contributed by atoms with Crippen molar-refractivity contribution in [3.8, 4) is 17.6 Å². The molecule has 1 N–H and O–H groups in total. The Kier molecular flexibility index (Phi) is 5.06.